The fourth-order valence-corrected chi connectivity index (χ4v) is 4.98. The zero-order valence-corrected chi connectivity index (χ0v) is 19.6. The van der Waals surface area contributed by atoms with E-state index in [1.165, 1.54) is 30.5 Å². The molecule has 5 nitrogen and oxygen atoms in total. The quantitative estimate of drug-likeness (QED) is 0.445. The van der Waals surface area contributed by atoms with Gasteiger partial charge in [-0.2, -0.15) is 0 Å². The molecule has 0 atom stereocenters. The lowest BCUT2D eigenvalue weighted by Gasteiger charge is -2.26. The van der Waals surface area contributed by atoms with E-state index in [0.29, 0.717) is 22.9 Å². The van der Waals surface area contributed by atoms with E-state index in [1.54, 1.807) is 6.07 Å². The summed E-state index contributed by atoms with van der Waals surface area (Å²) in [5.74, 6) is -0.289. The molecule has 0 bridgehead atoms. The second-order valence-corrected chi connectivity index (χ2v) is 9.38. The van der Waals surface area contributed by atoms with Gasteiger partial charge in [-0.05, 0) is 68.7 Å². The molecule has 0 unspecified atom stereocenters. The van der Waals surface area contributed by atoms with Gasteiger partial charge in [-0.25, -0.2) is 9.37 Å². The summed E-state index contributed by atoms with van der Waals surface area (Å²) in [6.45, 7) is 7.58. The molecule has 2 aliphatic rings. The normalized spacial score (nSPS) is 17.4. The van der Waals surface area contributed by atoms with Crippen LogP contribution in [0.1, 0.15) is 41.6 Å². The van der Waals surface area contributed by atoms with Gasteiger partial charge >= 0.3 is 0 Å². The number of aromatic nitrogens is 1. The maximum absolute atomic E-state index is 14.0. The highest BCUT2D eigenvalue weighted by Crippen LogP contribution is 2.27. The van der Waals surface area contributed by atoms with Gasteiger partial charge in [0.05, 0.1) is 24.4 Å². The third kappa shape index (κ3) is 5.52. The van der Waals surface area contributed by atoms with Crippen LogP contribution in [0, 0.1) is 5.82 Å². The Morgan fingerprint density at radius 2 is 1.71 bits per heavy atom. The minimum Gasteiger partial charge on any atom is -0.379 e. The van der Waals surface area contributed by atoms with Crippen LogP contribution in [0.25, 0.3) is 22.2 Å². The number of hydrogen-bond donors (Lipinski definition) is 0. The summed E-state index contributed by atoms with van der Waals surface area (Å²) in [4.78, 5) is 22.8. The lowest BCUT2D eigenvalue weighted by atomic mass is 9.98. The smallest absolute Gasteiger partial charge is 0.163 e. The van der Waals surface area contributed by atoms with Crippen molar-refractivity contribution in [1.82, 2.24) is 14.8 Å². The van der Waals surface area contributed by atoms with Crippen molar-refractivity contribution >= 4 is 16.7 Å². The highest BCUT2D eigenvalue weighted by atomic mass is 19.1. The number of pyridine rings is 1. The lowest BCUT2D eigenvalue weighted by Crippen LogP contribution is -2.35. The fourth-order valence-electron chi connectivity index (χ4n) is 4.98. The average molecular weight is 462 g/mol. The number of carbonyl (C=O) groups is 1. The zero-order chi connectivity index (χ0) is 23.3. The van der Waals surface area contributed by atoms with E-state index in [1.807, 2.05) is 6.07 Å². The lowest BCUT2D eigenvalue weighted by molar-refractivity contribution is 0.0342. The molecule has 3 heterocycles. The Morgan fingerprint density at radius 1 is 0.941 bits per heavy atom. The Morgan fingerprint density at radius 3 is 2.47 bits per heavy atom. The third-order valence-corrected chi connectivity index (χ3v) is 6.91. The summed E-state index contributed by atoms with van der Waals surface area (Å²) in [5, 5.41) is 0.596. The van der Waals surface area contributed by atoms with E-state index in [4.69, 9.17) is 9.72 Å². The number of benzene rings is 2. The molecular weight excluding hydrogens is 429 g/mol. The van der Waals surface area contributed by atoms with Crippen LogP contribution in [0.2, 0.25) is 0 Å². The number of carbonyl (C=O) groups excluding carboxylic acids is 1. The molecule has 6 heteroatoms. The zero-order valence-electron chi connectivity index (χ0n) is 19.6. The van der Waals surface area contributed by atoms with Crippen molar-refractivity contribution in [3.8, 4) is 11.3 Å². The molecule has 3 aromatic rings. The number of ketones is 1. The van der Waals surface area contributed by atoms with E-state index < -0.39 is 0 Å². The predicted octanol–water partition coefficient (Wildman–Crippen LogP) is 4.93. The van der Waals surface area contributed by atoms with Crippen molar-refractivity contribution in [2.75, 3.05) is 45.9 Å². The van der Waals surface area contributed by atoms with Crippen molar-refractivity contribution < 1.29 is 13.9 Å². The standard InChI is InChI=1S/C28H32FN3O2/c29-23-9-10-26-24(18-23)25(28(33)4-3-13-31-11-1-2-12-31)19-27(30-26)22-7-5-21(6-8-22)20-32-14-16-34-17-15-32/h5-10,18-19H,1-4,11-17,20H2. The third-order valence-electron chi connectivity index (χ3n) is 6.91. The molecule has 2 saturated heterocycles. The summed E-state index contributed by atoms with van der Waals surface area (Å²) in [6, 6.07) is 14.7. The number of rotatable bonds is 8. The Balaban J connectivity index is 1.36. The first-order valence-corrected chi connectivity index (χ1v) is 12.4. The highest BCUT2D eigenvalue weighted by Gasteiger charge is 2.17. The van der Waals surface area contributed by atoms with Crippen LogP contribution in [0.15, 0.2) is 48.5 Å². The fraction of sp³-hybridized carbons (Fsp3) is 0.429. The van der Waals surface area contributed by atoms with Crippen LogP contribution >= 0.6 is 0 Å². The van der Waals surface area contributed by atoms with Gasteiger partial charge in [-0.3, -0.25) is 9.69 Å². The predicted molar refractivity (Wildman–Crippen MR) is 132 cm³/mol. The van der Waals surface area contributed by atoms with Crippen molar-refractivity contribution in [1.29, 1.82) is 0 Å². The molecule has 2 fully saturated rings. The number of Topliss-reactive ketones (excluding diaryl/α,β-unsaturated/α-hetero) is 1. The molecule has 1 aromatic heterocycles. The first-order chi connectivity index (χ1) is 16.7. The monoisotopic (exact) mass is 461 g/mol. The van der Waals surface area contributed by atoms with Gasteiger partial charge in [0.2, 0.25) is 0 Å². The van der Waals surface area contributed by atoms with Gasteiger partial charge < -0.3 is 9.64 Å². The second-order valence-electron chi connectivity index (χ2n) is 9.38. The Labute approximate surface area is 200 Å². The van der Waals surface area contributed by atoms with Gasteiger partial charge in [-0.15, -0.1) is 0 Å². The summed E-state index contributed by atoms with van der Waals surface area (Å²) in [7, 11) is 0. The van der Waals surface area contributed by atoms with Gasteiger partial charge in [0.15, 0.2) is 5.78 Å². The van der Waals surface area contributed by atoms with Crippen LogP contribution in [-0.4, -0.2) is 66.5 Å². The van der Waals surface area contributed by atoms with Gasteiger partial charge in [0, 0.05) is 42.6 Å². The molecule has 0 amide bonds. The summed E-state index contributed by atoms with van der Waals surface area (Å²) < 4.78 is 19.5. The van der Waals surface area contributed by atoms with E-state index >= 15 is 0 Å². The molecular formula is C28H32FN3O2. The average Bonchev–Trinajstić information content (AvgIpc) is 3.38. The maximum atomic E-state index is 14.0. The highest BCUT2D eigenvalue weighted by molar-refractivity contribution is 6.08. The van der Waals surface area contributed by atoms with Crippen LogP contribution in [0.3, 0.4) is 0 Å². The number of morpholine rings is 1. The van der Waals surface area contributed by atoms with Gasteiger partial charge in [0.25, 0.3) is 0 Å². The molecule has 178 valence electrons. The minimum atomic E-state index is -0.347. The topological polar surface area (TPSA) is 45.7 Å². The molecule has 0 spiro atoms. The van der Waals surface area contributed by atoms with Crippen LogP contribution in [0.5, 0.6) is 0 Å². The SMILES string of the molecule is O=C(CCCN1CCCC1)c1cc(-c2ccc(CN3CCOCC3)cc2)nc2ccc(F)cc12. The molecule has 0 aliphatic carbocycles. The number of fused-ring (bicyclic) bond motifs is 1. The molecule has 2 aromatic carbocycles. The molecule has 34 heavy (non-hydrogen) atoms. The maximum Gasteiger partial charge on any atom is 0.163 e. The van der Waals surface area contributed by atoms with E-state index in [2.05, 4.69) is 34.1 Å². The Bertz CT molecular complexity index is 1140. The van der Waals surface area contributed by atoms with Crippen molar-refractivity contribution in [2.45, 2.75) is 32.2 Å². The number of halogens is 1. The van der Waals surface area contributed by atoms with E-state index in [-0.39, 0.29) is 11.6 Å². The number of hydrogen-bond acceptors (Lipinski definition) is 5. The van der Waals surface area contributed by atoms with E-state index in [9.17, 15) is 9.18 Å². The van der Waals surface area contributed by atoms with Gasteiger partial charge in [0.1, 0.15) is 5.82 Å². The van der Waals surface area contributed by atoms with Gasteiger partial charge in [-0.1, -0.05) is 24.3 Å². The van der Waals surface area contributed by atoms with Crippen LogP contribution in [-0.2, 0) is 11.3 Å². The first-order valence-electron chi connectivity index (χ1n) is 12.4. The number of nitrogens with zero attached hydrogens (tertiary/aromatic N) is 3. The summed E-state index contributed by atoms with van der Waals surface area (Å²) in [6.07, 6.45) is 3.78. The van der Waals surface area contributed by atoms with E-state index in [0.717, 1.165) is 70.2 Å². The summed E-state index contributed by atoms with van der Waals surface area (Å²) in [5.41, 5.74) is 4.17. The van der Waals surface area contributed by atoms with Crippen molar-refractivity contribution in [3.63, 3.8) is 0 Å². The van der Waals surface area contributed by atoms with Crippen molar-refractivity contribution in [3.05, 3.63) is 65.5 Å². The summed E-state index contributed by atoms with van der Waals surface area (Å²) >= 11 is 0. The number of likely N-dealkylation sites (tertiary alicyclic amines) is 1. The van der Waals surface area contributed by atoms with Crippen molar-refractivity contribution in [2.24, 2.45) is 0 Å². The molecule has 0 N–H and O–H groups in total. The molecule has 5 rings (SSSR count). The molecule has 0 saturated carbocycles. The largest absolute Gasteiger partial charge is 0.379 e. The molecule has 0 radical (unpaired) electrons. The second kappa shape index (κ2) is 10.7. The Kier molecular flexibility index (Phi) is 7.28. The van der Waals surface area contributed by atoms with Crippen LogP contribution < -0.4 is 0 Å². The number of ether oxygens (including phenoxy) is 1. The minimum absolute atomic E-state index is 0.0578. The molecule has 2 aliphatic heterocycles. The van der Waals surface area contributed by atoms with Crippen LogP contribution in [0.4, 0.5) is 4.39 Å². The Hall–Kier alpha value is -2.67. The first kappa shape index (κ1) is 23.1.